The van der Waals surface area contributed by atoms with Crippen LogP contribution in [0.3, 0.4) is 0 Å². The molecular formula is C21H14O10. The fraction of sp³-hybridized carbons (Fsp3) is 0. The first kappa shape index (κ1) is 21.0. The maximum Gasteiger partial charge on any atom is 0.347 e. The van der Waals surface area contributed by atoms with Crippen molar-refractivity contribution in [2.45, 2.75) is 0 Å². The van der Waals surface area contributed by atoms with Crippen molar-refractivity contribution in [3.63, 3.8) is 0 Å². The van der Waals surface area contributed by atoms with Gasteiger partial charge in [0.2, 0.25) is 0 Å². The van der Waals surface area contributed by atoms with Crippen LogP contribution in [0.25, 0.3) is 0 Å². The van der Waals surface area contributed by atoms with Crippen LogP contribution in [-0.4, -0.2) is 43.4 Å². The van der Waals surface area contributed by atoms with Crippen LogP contribution in [-0.2, 0) is 0 Å². The van der Waals surface area contributed by atoms with Gasteiger partial charge in [-0.05, 0) is 36.4 Å². The van der Waals surface area contributed by atoms with E-state index in [2.05, 4.69) is 0 Å². The normalized spacial score (nSPS) is 10.3. The molecule has 0 amide bonds. The lowest BCUT2D eigenvalue weighted by Crippen LogP contribution is -2.11. The number of hydrogen-bond acceptors (Lipinski definition) is 9. The number of hydrogen-bond donors (Lipinski definition) is 5. The number of rotatable bonds is 5. The van der Waals surface area contributed by atoms with E-state index in [1.807, 2.05) is 0 Å². The Morgan fingerprint density at radius 1 is 0.581 bits per heavy atom. The first-order valence-corrected chi connectivity index (χ1v) is 8.51. The minimum atomic E-state index is -1.36. The zero-order valence-corrected chi connectivity index (χ0v) is 15.5. The minimum absolute atomic E-state index is 0.144. The standard InChI is InChI=1S/C21H14O10/c22-10-1-4-14(16(23)7-10)20(28)31-12-3-6-15(18(25)9-12)21(29)30-11-2-5-13(19(26)27)17(24)8-11/h1-9,22-25H,(H,26,27). The van der Waals surface area contributed by atoms with Gasteiger partial charge >= 0.3 is 17.9 Å². The molecule has 3 rings (SSSR count). The van der Waals surface area contributed by atoms with Gasteiger partial charge in [-0.3, -0.25) is 0 Å². The number of phenols is 4. The number of aromatic hydroxyl groups is 4. The topological polar surface area (TPSA) is 171 Å². The Balaban J connectivity index is 1.74. The number of carbonyl (C=O) groups is 3. The SMILES string of the molecule is O=C(O)c1ccc(OC(=O)c2ccc(OC(=O)c3ccc(O)cc3O)cc2O)cc1O. The summed E-state index contributed by atoms with van der Waals surface area (Å²) in [4.78, 5) is 35.3. The van der Waals surface area contributed by atoms with Gasteiger partial charge in [-0.1, -0.05) is 0 Å². The van der Waals surface area contributed by atoms with Crippen molar-refractivity contribution in [1.29, 1.82) is 0 Å². The van der Waals surface area contributed by atoms with Crippen molar-refractivity contribution in [3.8, 4) is 34.5 Å². The van der Waals surface area contributed by atoms with Crippen LogP contribution in [0.15, 0.2) is 54.6 Å². The summed E-state index contributed by atoms with van der Waals surface area (Å²) in [7, 11) is 0. The molecule has 158 valence electrons. The van der Waals surface area contributed by atoms with Gasteiger partial charge in [-0.2, -0.15) is 0 Å². The average Bonchev–Trinajstić information content (AvgIpc) is 2.67. The summed E-state index contributed by atoms with van der Waals surface area (Å²) in [5.74, 6) is -5.61. The molecule has 0 heterocycles. The van der Waals surface area contributed by atoms with Crippen LogP contribution in [0, 0.1) is 0 Å². The summed E-state index contributed by atoms with van der Waals surface area (Å²) in [5.41, 5.74) is -0.909. The van der Waals surface area contributed by atoms with Crippen LogP contribution >= 0.6 is 0 Å². The van der Waals surface area contributed by atoms with Gasteiger partial charge in [-0.15, -0.1) is 0 Å². The van der Waals surface area contributed by atoms with Crippen molar-refractivity contribution >= 4 is 17.9 Å². The Hall–Kier alpha value is -4.73. The zero-order valence-electron chi connectivity index (χ0n) is 15.5. The fourth-order valence-corrected chi connectivity index (χ4v) is 2.52. The van der Waals surface area contributed by atoms with Crippen molar-refractivity contribution in [2.24, 2.45) is 0 Å². The Bertz CT molecular complexity index is 1200. The Morgan fingerprint density at radius 3 is 1.42 bits per heavy atom. The molecule has 0 aliphatic carbocycles. The third-order valence-electron chi connectivity index (χ3n) is 4.01. The fourth-order valence-electron chi connectivity index (χ4n) is 2.52. The molecule has 0 spiro atoms. The van der Waals surface area contributed by atoms with Gasteiger partial charge in [0.1, 0.15) is 51.2 Å². The molecule has 0 saturated carbocycles. The number of carbonyl (C=O) groups excluding carboxylic acids is 2. The third-order valence-corrected chi connectivity index (χ3v) is 4.01. The zero-order chi connectivity index (χ0) is 22.7. The molecule has 31 heavy (non-hydrogen) atoms. The summed E-state index contributed by atoms with van der Waals surface area (Å²) in [6, 6.07) is 9.67. The monoisotopic (exact) mass is 426 g/mol. The number of carboxylic acid groups (broad SMARTS) is 1. The molecule has 0 radical (unpaired) electrons. The van der Waals surface area contributed by atoms with E-state index in [0.717, 1.165) is 42.5 Å². The summed E-state index contributed by atoms with van der Waals surface area (Å²) in [5, 5.41) is 47.6. The van der Waals surface area contributed by atoms with E-state index in [1.54, 1.807) is 0 Å². The molecule has 0 aliphatic heterocycles. The van der Waals surface area contributed by atoms with E-state index in [0.29, 0.717) is 0 Å². The molecule has 0 fully saturated rings. The van der Waals surface area contributed by atoms with E-state index < -0.39 is 35.2 Å². The lowest BCUT2D eigenvalue weighted by molar-refractivity contribution is 0.0690. The molecule has 10 nitrogen and oxygen atoms in total. The molecule has 0 bridgehead atoms. The predicted octanol–water partition coefficient (Wildman–Crippen LogP) is 2.65. The largest absolute Gasteiger partial charge is 0.508 e. The highest BCUT2D eigenvalue weighted by atomic mass is 16.5. The van der Waals surface area contributed by atoms with Crippen molar-refractivity contribution in [1.82, 2.24) is 0 Å². The lowest BCUT2D eigenvalue weighted by atomic mass is 10.1. The number of esters is 2. The van der Waals surface area contributed by atoms with Gasteiger partial charge in [-0.25, -0.2) is 14.4 Å². The smallest absolute Gasteiger partial charge is 0.347 e. The maximum atomic E-state index is 12.3. The van der Waals surface area contributed by atoms with E-state index in [-0.39, 0.29) is 33.9 Å². The number of benzene rings is 3. The van der Waals surface area contributed by atoms with Gasteiger partial charge in [0.25, 0.3) is 0 Å². The number of ether oxygens (including phenoxy) is 2. The highest BCUT2D eigenvalue weighted by Gasteiger charge is 2.19. The molecule has 3 aromatic carbocycles. The van der Waals surface area contributed by atoms with E-state index in [9.17, 15) is 34.8 Å². The van der Waals surface area contributed by atoms with Crippen LogP contribution in [0.2, 0.25) is 0 Å². The Kier molecular flexibility index (Phi) is 5.64. The molecule has 3 aromatic rings. The lowest BCUT2D eigenvalue weighted by Gasteiger charge is -2.10. The maximum absolute atomic E-state index is 12.3. The second-order valence-corrected chi connectivity index (χ2v) is 6.14. The first-order chi connectivity index (χ1) is 14.7. The highest BCUT2D eigenvalue weighted by molar-refractivity contribution is 5.96. The third kappa shape index (κ3) is 4.65. The molecule has 10 heteroatoms. The summed E-state index contributed by atoms with van der Waals surface area (Å²) in [6.45, 7) is 0. The molecular weight excluding hydrogens is 412 g/mol. The van der Waals surface area contributed by atoms with Crippen molar-refractivity contribution < 1.29 is 49.4 Å². The predicted molar refractivity (Wildman–Crippen MR) is 103 cm³/mol. The minimum Gasteiger partial charge on any atom is -0.508 e. The van der Waals surface area contributed by atoms with E-state index >= 15 is 0 Å². The average molecular weight is 426 g/mol. The molecule has 0 aliphatic rings. The van der Waals surface area contributed by atoms with Crippen LogP contribution in [0.1, 0.15) is 31.1 Å². The molecule has 0 aromatic heterocycles. The second kappa shape index (κ2) is 8.33. The number of aromatic carboxylic acids is 1. The number of phenolic OH excluding ortho intramolecular Hbond substituents is 3. The van der Waals surface area contributed by atoms with E-state index in [1.165, 1.54) is 12.1 Å². The molecule has 0 unspecified atom stereocenters. The summed E-state index contributed by atoms with van der Waals surface area (Å²) >= 11 is 0. The van der Waals surface area contributed by atoms with Gasteiger partial charge < -0.3 is 35.0 Å². The van der Waals surface area contributed by atoms with Crippen LogP contribution < -0.4 is 9.47 Å². The van der Waals surface area contributed by atoms with Gasteiger partial charge in [0.15, 0.2) is 0 Å². The highest BCUT2D eigenvalue weighted by Crippen LogP contribution is 2.29. The Morgan fingerprint density at radius 2 is 1.00 bits per heavy atom. The molecule has 0 atom stereocenters. The van der Waals surface area contributed by atoms with Crippen LogP contribution in [0.4, 0.5) is 0 Å². The molecule has 5 N–H and O–H groups in total. The van der Waals surface area contributed by atoms with Crippen LogP contribution in [0.5, 0.6) is 34.5 Å². The second-order valence-electron chi connectivity index (χ2n) is 6.14. The van der Waals surface area contributed by atoms with Gasteiger partial charge in [0.05, 0.1) is 0 Å². The van der Waals surface area contributed by atoms with Gasteiger partial charge in [0, 0.05) is 18.2 Å². The molecule has 0 saturated heterocycles. The van der Waals surface area contributed by atoms with E-state index in [4.69, 9.17) is 14.6 Å². The Labute approximate surface area is 173 Å². The number of carboxylic acids is 1. The van der Waals surface area contributed by atoms with Crippen molar-refractivity contribution in [2.75, 3.05) is 0 Å². The summed E-state index contributed by atoms with van der Waals surface area (Å²) in [6.07, 6.45) is 0. The first-order valence-electron chi connectivity index (χ1n) is 8.51. The van der Waals surface area contributed by atoms with Crippen molar-refractivity contribution in [3.05, 3.63) is 71.3 Å². The summed E-state index contributed by atoms with van der Waals surface area (Å²) < 4.78 is 10.0. The quantitative estimate of drug-likeness (QED) is 0.302.